The van der Waals surface area contributed by atoms with Crippen LogP contribution in [0.1, 0.15) is 36.0 Å². The molecule has 15 heavy (non-hydrogen) atoms. The van der Waals surface area contributed by atoms with Gasteiger partial charge in [0, 0.05) is 6.54 Å². The fourth-order valence-corrected chi connectivity index (χ4v) is 1.12. The minimum absolute atomic E-state index is 0.109. The number of carbonyl (C=O) groups excluding carboxylic acids is 1. The van der Waals surface area contributed by atoms with Crippen molar-refractivity contribution in [3.05, 3.63) is 11.4 Å². The van der Waals surface area contributed by atoms with E-state index in [1.54, 1.807) is 6.92 Å². The van der Waals surface area contributed by atoms with Gasteiger partial charge in [-0.15, -0.1) is 5.10 Å². The van der Waals surface area contributed by atoms with Crippen molar-refractivity contribution < 1.29 is 18.7 Å². The summed E-state index contributed by atoms with van der Waals surface area (Å²) in [5.41, 5.74) is -0.846. The second kappa shape index (κ2) is 4.92. The third kappa shape index (κ3) is 2.79. The molecule has 0 bridgehead atoms. The number of hydrogen-bond acceptors (Lipinski definition) is 4. The van der Waals surface area contributed by atoms with E-state index in [1.807, 2.05) is 0 Å². The predicted octanol–water partition coefficient (Wildman–Crippen LogP) is 0.799. The van der Waals surface area contributed by atoms with Crippen molar-refractivity contribution in [2.45, 2.75) is 32.4 Å². The molecule has 1 unspecified atom stereocenters. The molecule has 0 radical (unpaired) electrons. The Bertz CT molecular complexity index is 339. The lowest BCUT2D eigenvalue weighted by atomic mass is 10.3. The smallest absolute Gasteiger partial charge is 0.282 e. The quantitative estimate of drug-likeness (QED) is 0.744. The summed E-state index contributed by atoms with van der Waals surface area (Å²) < 4.78 is 26.0. The van der Waals surface area contributed by atoms with Gasteiger partial charge in [-0.3, -0.25) is 4.79 Å². The number of aromatic nitrogens is 3. The average molecular weight is 219 g/mol. The largest absolute Gasteiger partial charge is 0.393 e. The summed E-state index contributed by atoms with van der Waals surface area (Å²) in [4.78, 5) is 10.4. The Morgan fingerprint density at radius 2 is 2.27 bits per heavy atom. The lowest BCUT2D eigenvalue weighted by Gasteiger charge is -2.06. The Morgan fingerprint density at radius 1 is 1.60 bits per heavy atom. The molecular weight excluding hydrogens is 208 g/mol. The molecule has 1 atom stereocenters. The standard InChI is InChI=1S/C8H11F2N3O2/c1-5(15)2-3-13-7(8(9)10)6(4-14)11-12-13/h4-5,8,15H,2-3H2,1H3. The molecule has 1 rings (SSSR count). The SMILES string of the molecule is CC(O)CCn1nnc(C=O)c1C(F)F. The lowest BCUT2D eigenvalue weighted by Crippen LogP contribution is -2.11. The molecule has 1 N–H and O–H groups in total. The van der Waals surface area contributed by atoms with Crippen molar-refractivity contribution in [2.75, 3.05) is 0 Å². The summed E-state index contributed by atoms with van der Waals surface area (Å²) in [6.45, 7) is 1.65. The molecule has 84 valence electrons. The first-order valence-electron chi connectivity index (χ1n) is 4.41. The fraction of sp³-hybridized carbons (Fsp3) is 0.625. The molecule has 1 aromatic rings. The molecule has 0 aliphatic rings. The summed E-state index contributed by atoms with van der Waals surface area (Å²) in [5, 5.41) is 15.7. The molecule has 0 aliphatic carbocycles. The Hall–Kier alpha value is -1.37. The number of nitrogens with zero attached hydrogens (tertiary/aromatic N) is 3. The van der Waals surface area contributed by atoms with Crippen LogP contribution in [0.25, 0.3) is 0 Å². The van der Waals surface area contributed by atoms with E-state index >= 15 is 0 Å². The van der Waals surface area contributed by atoms with Gasteiger partial charge in [-0.1, -0.05) is 5.21 Å². The van der Waals surface area contributed by atoms with Crippen LogP contribution in [0, 0.1) is 0 Å². The molecule has 0 saturated heterocycles. The first-order chi connectivity index (χ1) is 7.06. The highest BCUT2D eigenvalue weighted by atomic mass is 19.3. The lowest BCUT2D eigenvalue weighted by molar-refractivity contribution is 0.109. The number of aldehydes is 1. The first kappa shape index (κ1) is 11.7. The highest BCUT2D eigenvalue weighted by Gasteiger charge is 2.21. The van der Waals surface area contributed by atoms with Gasteiger partial charge in [0.25, 0.3) is 6.43 Å². The number of rotatable bonds is 5. The van der Waals surface area contributed by atoms with Crippen LogP contribution >= 0.6 is 0 Å². The predicted molar refractivity (Wildman–Crippen MR) is 46.7 cm³/mol. The van der Waals surface area contributed by atoms with Gasteiger partial charge in [0.1, 0.15) is 5.69 Å². The molecule has 0 aromatic carbocycles. The molecule has 0 aliphatic heterocycles. The van der Waals surface area contributed by atoms with E-state index in [-0.39, 0.29) is 24.9 Å². The van der Waals surface area contributed by atoms with Gasteiger partial charge < -0.3 is 5.11 Å². The molecule has 0 saturated carbocycles. The van der Waals surface area contributed by atoms with E-state index in [2.05, 4.69) is 10.3 Å². The number of aliphatic hydroxyl groups is 1. The zero-order valence-corrected chi connectivity index (χ0v) is 8.10. The average Bonchev–Trinajstić information content (AvgIpc) is 2.57. The van der Waals surface area contributed by atoms with Gasteiger partial charge in [0.2, 0.25) is 0 Å². The summed E-state index contributed by atoms with van der Waals surface area (Å²) >= 11 is 0. The highest BCUT2D eigenvalue weighted by Crippen LogP contribution is 2.20. The van der Waals surface area contributed by atoms with E-state index in [0.717, 1.165) is 4.68 Å². The topological polar surface area (TPSA) is 68.0 Å². The molecule has 0 fully saturated rings. The van der Waals surface area contributed by atoms with Gasteiger partial charge in [-0.2, -0.15) is 0 Å². The van der Waals surface area contributed by atoms with E-state index in [0.29, 0.717) is 0 Å². The van der Waals surface area contributed by atoms with Gasteiger partial charge >= 0.3 is 0 Å². The Balaban J connectivity index is 2.87. The zero-order valence-electron chi connectivity index (χ0n) is 8.10. The highest BCUT2D eigenvalue weighted by molar-refractivity contribution is 5.73. The number of hydrogen-bond donors (Lipinski definition) is 1. The summed E-state index contributed by atoms with van der Waals surface area (Å²) in [6, 6.07) is 0. The molecule has 7 heteroatoms. The van der Waals surface area contributed by atoms with Gasteiger partial charge in [-0.05, 0) is 13.3 Å². The van der Waals surface area contributed by atoms with E-state index in [4.69, 9.17) is 5.11 Å². The van der Waals surface area contributed by atoms with Crippen LogP contribution in [0.3, 0.4) is 0 Å². The van der Waals surface area contributed by atoms with E-state index in [9.17, 15) is 13.6 Å². The number of halogens is 2. The zero-order chi connectivity index (χ0) is 11.4. The number of aryl methyl sites for hydroxylation is 1. The molecule has 1 heterocycles. The maximum absolute atomic E-state index is 12.5. The van der Waals surface area contributed by atoms with Crippen molar-refractivity contribution in [1.82, 2.24) is 15.0 Å². The van der Waals surface area contributed by atoms with Gasteiger partial charge in [0.05, 0.1) is 6.10 Å². The molecule has 0 spiro atoms. The van der Waals surface area contributed by atoms with Crippen LogP contribution in [-0.2, 0) is 6.54 Å². The minimum atomic E-state index is -2.80. The summed E-state index contributed by atoms with van der Waals surface area (Å²) in [7, 11) is 0. The van der Waals surface area contributed by atoms with Crippen molar-refractivity contribution in [3.8, 4) is 0 Å². The Morgan fingerprint density at radius 3 is 2.73 bits per heavy atom. The van der Waals surface area contributed by atoms with Gasteiger partial charge in [0.15, 0.2) is 12.0 Å². The third-order valence-electron chi connectivity index (χ3n) is 1.88. The van der Waals surface area contributed by atoms with Crippen molar-refractivity contribution in [1.29, 1.82) is 0 Å². The van der Waals surface area contributed by atoms with Crippen LogP contribution in [0.5, 0.6) is 0 Å². The van der Waals surface area contributed by atoms with Gasteiger partial charge in [-0.25, -0.2) is 13.5 Å². The van der Waals surface area contributed by atoms with E-state index in [1.165, 1.54) is 0 Å². The van der Waals surface area contributed by atoms with Crippen LogP contribution in [0.4, 0.5) is 8.78 Å². The van der Waals surface area contributed by atoms with Crippen molar-refractivity contribution >= 4 is 6.29 Å². The van der Waals surface area contributed by atoms with Crippen LogP contribution in [0.2, 0.25) is 0 Å². The minimum Gasteiger partial charge on any atom is -0.393 e. The van der Waals surface area contributed by atoms with Crippen molar-refractivity contribution in [3.63, 3.8) is 0 Å². The Labute approximate surface area is 84.7 Å². The Kier molecular flexibility index (Phi) is 3.84. The van der Waals surface area contributed by atoms with Crippen LogP contribution in [-0.4, -0.2) is 32.5 Å². The normalized spacial score (nSPS) is 13.1. The second-order valence-corrected chi connectivity index (χ2v) is 3.14. The molecule has 0 amide bonds. The molecule has 5 nitrogen and oxygen atoms in total. The second-order valence-electron chi connectivity index (χ2n) is 3.14. The monoisotopic (exact) mass is 219 g/mol. The third-order valence-corrected chi connectivity index (χ3v) is 1.88. The summed E-state index contributed by atoms with van der Waals surface area (Å²) in [5.74, 6) is 0. The van der Waals surface area contributed by atoms with Crippen LogP contribution < -0.4 is 0 Å². The number of alkyl halides is 2. The maximum atomic E-state index is 12.5. The molecule has 1 aromatic heterocycles. The molecular formula is C8H11F2N3O2. The number of carbonyl (C=O) groups is 1. The van der Waals surface area contributed by atoms with E-state index < -0.39 is 18.2 Å². The summed E-state index contributed by atoms with van der Waals surface area (Å²) in [6.07, 6.45) is -2.89. The number of aliphatic hydroxyl groups excluding tert-OH is 1. The first-order valence-corrected chi connectivity index (χ1v) is 4.41. The van der Waals surface area contributed by atoms with Crippen molar-refractivity contribution in [2.24, 2.45) is 0 Å². The fourth-order valence-electron chi connectivity index (χ4n) is 1.12. The maximum Gasteiger partial charge on any atom is 0.282 e. The van der Waals surface area contributed by atoms with Crippen LogP contribution in [0.15, 0.2) is 0 Å².